The summed E-state index contributed by atoms with van der Waals surface area (Å²) in [5.41, 5.74) is 4.13. The molecule has 0 saturated heterocycles. The molecule has 0 spiro atoms. The van der Waals surface area contributed by atoms with E-state index in [1.165, 1.54) is 25.7 Å². The van der Waals surface area contributed by atoms with E-state index in [0.717, 1.165) is 11.4 Å². The fourth-order valence-corrected chi connectivity index (χ4v) is 2.89. The molecule has 1 aliphatic rings. The Labute approximate surface area is 115 Å². The highest BCUT2D eigenvalue weighted by atomic mass is 15.3. The molecule has 19 heavy (non-hydrogen) atoms. The van der Waals surface area contributed by atoms with Gasteiger partial charge in [-0.2, -0.15) is 0 Å². The summed E-state index contributed by atoms with van der Waals surface area (Å²) < 4.78 is 0. The van der Waals surface area contributed by atoms with Crippen molar-refractivity contribution in [3.8, 4) is 0 Å². The number of aromatic nitrogens is 2. The molecule has 1 aromatic rings. The fraction of sp³-hybridized carbons (Fsp3) is 0.714. The molecule has 1 heterocycles. The largest absolute Gasteiger partial charge is 0.356 e. The second-order valence-electron chi connectivity index (χ2n) is 6.32. The van der Waals surface area contributed by atoms with Gasteiger partial charge in [0.15, 0.2) is 0 Å². The maximum atomic E-state index is 5.47. The molecule has 0 amide bonds. The Kier molecular flexibility index (Phi) is 3.94. The normalized spacial score (nSPS) is 19.2. The first-order valence-electron chi connectivity index (χ1n) is 6.95. The van der Waals surface area contributed by atoms with Gasteiger partial charge in [-0.15, -0.1) is 0 Å². The molecule has 0 aromatic carbocycles. The van der Waals surface area contributed by atoms with Crippen molar-refractivity contribution in [2.75, 3.05) is 17.4 Å². The number of hydrazine groups is 1. The Bertz CT molecular complexity index is 433. The molecule has 0 radical (unpaired) electrons. The van der Waals surface area contributed by atoms with Gasteiger partial charge in [0, 0.05) is 18.7 Å². The minimum Gasteiger partial charge on any atom is -0.356 e. The zero-order chi connectivity index (χ0) is 14.0. The first kappa shape index (κ1) is 14.1. The van der Waals surface area contributed by atoms with E-state index in [4.69, 9.17) is 5.84 Å². The van der Waals surface area contributed by atoms with Crippen LogP contribution in [0.3, 0.4) is 0 Å². The lowest BCUT2D eigenvalue weighted by Gasteiger charge is -2.39. The van der Waals surface area contributed by atoms with Crippen LogP contribution in [-0.2, 0) is 0 Å². The lowest BCUT2D eigenvalue weighted by Crippen LogP contribution is -2.38. The number of hydrogen-bond acceptors (Lipinski definition) is 5. The number of nitrogens with two attached hydrogens (primary N) is 1. The van der Waals surface area contributed by atoms with Crippen molar-refractivity contribution < 1.29 is 0 Å². The molecule has 1 aromatic heterocycles. The quantitative estimate of drug-likeness (QED) is 0.648. The summed E-state index contributed by atoms with van der Waals surface area (Å²) in [6.07, 6.45) is 6.56. The van der Waals surface area contributed by atoms with E-state index in [1.54, 1.807) is 6.33 Å². The van der Waals surface area contributed by atoms with Crippen LogP contribution in [0.2, 0.25) is 0 Å². The molecule has 5 nitrogen and oxygen atoms in total. The van der Waals surface area contributed by atoms with Crippen molar-refractivity contribution in [2.45, 2.75) is 52.5 Å². The van der Waals surface area contributed by atoms with Crippen molar-refractivity contribution in [3.05, 3.63) is 11.9 Å². The van der Waals surface area contributed by atoms with Crippen LogP contribution >= 0.6 is 0 Å². The Morgan fingerprint density at radius 2 is 1.95 bits per heavy atom. The zero-order valence-corrected chi connectivity index (χ0v) is 12.4. The topological polar surface area (TPSA) is 67.1 Å². The monoisotopic (exact) mass is 263 g/mol. The standard InChI is InChI=1S/C14H25N5/c1-10-12(18-15)16-9-17-13(10)19(4)11-5-7-14(2,3)8-6-11/h9,11H,5-8,15H2,1-4H3,(H,16,17,18). The summed E-state index contributed by atoms with van der Waals surface area (Å²) in [5.74, 6) is 7.16. The van der Waals surface area contributed by atoms with Crippen LogP contribution in [0.1, 0.15) is 45.1 Å². The van der Waals surface area contributed by atoms with Crippen molar-refractivity contribution in [1.29, 1.82) is 0 Å². The van der Waals surface area contributed by atoms with E-state index in [2.05, 4.69) is 41.2 Å². The van der Waals surface area contributed by atoms with Gasteiger partial charge in [-0.05, 0) is 38.0 Å². The van der Waals surface area contributed by atoms with Crippen molar-refractivity contribution in [2.24, 2.45) is 11.3 Å². The number of hydrogen-bond donors (Lipinski definition) is 2. The van der Waals surface area contributed by atoms with Crippen LogP contribution in [0.15, 0.2) is 6.33 Å². The van der Waals surface area contributed by atoms with Gasteiger partial charge in [0.1, 0.15) is 18.0 Å². The molecule has 0 unspecified atom stereocenters. The third-order valence-electron chi connectivity index (χ3n) is 4.38. The minimum absolute atomic E-state index is 0.488. The zero-order valence-electron chi connectivity index (χ0n) is 12.4. The summed E-state index contributed by atoms with van der Waals surface area (Å²) in [6.45, 7) is 6.72. The van der Waals surface area contributed by atoms with Crippen LogP contribution in [-0.4, -0.2) is 23.1 Å². The summed E-state index contributed by atoms with van der Waals surface area (Å²) in [6, 6.07) is 0.562. The molecule has 106 valence electrons. The second-order valence-corrected chi connectivity index (χ2v) is 6.32. The van der Waals surface area contributed by atoms with E-state index in [9.17, 15) is 0 Å². The lowest BCUT2D eigenvalue weighted by molar-refractivity contribution is 0.222. The van der Waals surface area contributed by atoms with E-state index in [1.807, 2.05) is 6.92 Å². The summed E-state index contributed by atoms with van der Waals surface area (Å²) in [7, 11) is 2.12. The highest BCUT2D eigenvalue weighted by Crippen LogP contribution is 2.38. The maximum Gasteiger partial charge on any atom is 0.148 e. The first-order chi connectivity index (χ1) is 8.94. The molecule has 1 fully saturated rings. The van der Waals surface area contributed by atoms with Gasteiger partial charge in [-0.1, -0.05) is 13.8 Å². The van der Waals surface area contributed by atoms with E-state index in [0.29, 0.717) is 17.3 Å². The number of nitrogens with zero attached hydrogens (tertiary/aromatic N) is 3. The van der Waals surface area contributed by atoms with Gasteiger partial charge in [0.2, 0.25) is 0 Å². The number of nitrogen functional groups attached to an aromatic ring is 1. The molecule has 5 heteroatoms. The Balaban J connectivity index is 2.14. The molecule has 0 atom stereocenters. The van der Waals surface area contributed by atoms with Gasteiger partial charge in [-0.3, -0.25) is 0 Å². The highest BCUT2D eigenvalue weighted by molar-refractivity contribution is 5.57. The van der Waals surface area contributed by atoms with Gasteiger partial charge in [0.25, 0.3) is 0 Å². The number of nitrogens with one attached hydrogen (secondary N) is 1. The number of rotatable bonds is 3. The van der Waals surface area contributed by atoms with Gasteiger partial charge >= 0.3 is 0 Å². The third kappa shape index (κ3) is 2.97. The molecule has 2 rings (SSSR count). The van der Waals surface area contributed by atoms with Crippen molar-refractivity contribution in [1.82, 2.24) is 9.97 Å². The Morgan fingerprint density at radius 3 is 2.53 bits per heavy atom. The van der Waals surface area contributed by atoms with E-state index < -0.39 is 0 Å². The molecule has 0 bridgehead atoms. The van der Waals surface area contributed by atoms with Crippen molar-refractivity contribution >= 4 is 11.6 Å². The third-order valence-corrected chi connectivity index (χ3v) is 4.38. The highest BCUT2D eigenvalue weighted by Gasteiger charge is 2.29. The second kappa shape index (κ2) is 5.33. The minimum atomic E-state index is 0.488. The molecule has 1 saturated carbocycles. The van der Waals surface area contributed by atoms with Crippen LogP contribution in [0, 0.1) is 12.3 Å². The lowest BCUT2D eigenvalue weighted by atomic mass is 9.75. The Morgan fingerprint density at radius 1 is 1.32 bits per heavy atom. The summed E-state index contributed by atoms with van der Waals surface area (Å²) in [5, 5.41) is 0. The van der Waals surface area contributed by atoms with E-state index >= 15 is 0 Å². The average Bonchev–Trinajstić information content (AvgIpc) is 2.38. The van der Waals surface area contributed by atoms with Gasteiger partial charge in [0.05, 0.1) is 0 Å². The van der Waals surface area contributed by atoms with E-state index in [-0.39, 0.29) is 0 Å². The van der Waals surface area contributed by atoms with Crippen LogP contribution in [0.5, 0.6) is 0 Å². The summed E-state index contributed by atoms with van der Waals surface area (Å²) >= 11 is 0. The van der Waals surface area contributed by atoms with Crippen molar-refractivity contribution in [3.63, 3.8) is 0 Å². The molecular formula is C14H25N5. The Hall–Kier alpha value is -1.36. The van der Waals surface area contributed by atoms with Crippen LogP contribution < -0.4 is 16.2 Å². The molecule has 0 aliphatic heterocycles. The SMILES string of the molecule is Cc1c(NN)ncnc1N(C)C1CCC(C)(C)CC1. The fourth-order valence-electron chi connectivity index (χ4n) is 2.89. The average molecular weight is 263 g/mol. The van der Waals surface area contributed by atoms with Gasteiger partial charge in [-0.25, -0.2) is 15.8 Å². The summed E-state index contributed by atoms with van der Waals surface area (Å²) in [4.78, 5) is 10.8. The van der Waals surface area contributed by atoms with Crippen LogP contribution in [0.25, 0.3) is 0 Å². The maximum absolute atomic E-state index is 5.47. The predicted molar refractivity (Wildman–Crippen MR) is 79.0 cm³/mol. The predicted octanol–water partition coefficient (Wildman–Crippen LogP) is 2.48. The molecule has 3 N–H and O–H groups in total. The first-order valence-corrected chi connectivity index (χ1v) is 6.95. The van der Waals surface area contributed by atoms with Crippen LogP contribution in [0.4, 0.5) is 11.6 Å². The number of anilines is 2. The molecular weight excluding hydrogens is 238 g/mol. The smallest absolute Gasteiger partial charge is 0.148 e. The molecule has 1 aliphatic carbocycles. The van der Waals surface area contributed by atoms with Gasteiger partial charge < -0.3 is 10.3 Å².